The molecule has 250 valence electrons. The Balaban J connectivity index is 1.41. The highest BCUT2D eigenvalue weighted by Crippen LogP contribution is 2.45. The summed E-state index contributed by atoms with van der Waals surface area (Å²) in [7, 11) is 0. The number of aromatic nitrogens is 4. The SMILES string of the molecule is C=CC1CC1(NC(=O)C1CC(n2nnc(-c3ccc(-c4ccsc4)cc3)n2)CN1C(=O)C(NC(=O)OC(C)(C)C)C(C)(C)C)C(=O)O. The van der Waals surface area contributed by atoms with E-state index in [1.165, 1.54) is 15.8 Å². The maximum atomic E-state index is 14.3. The molecule has 1 aliphatic carbocycles. The van der Waals surface area contributed by atoms with Crippen molar-refractivity contribution in [2.75, 3.05) is 6.54 Å². The van der Waals surface area contributed by atoms with E-state index in [0.29, 0.717) is 5.82 Å². The number of carbonyl (C=O) groups is 4. The summed E-state index contributed by atoms with van der Waals surface area (Å²) in [6, 6.07) is 7.11. The Morgan fingerprint density at radius 1 is 1.09 bits per heavy atom. The molecule has 3 N–H and O–H groups in total. The van der Waals surface area contributed by atoms with E-state index in [1.54, 1.807) is 52.9 Å². The first kappa shape index (κ1) is 33.8. The Labute approximate surface area is 277 Å². The molecule has 2 aliphatic rings. The van der Waals surface area contributed by atoms with Gasteiger partial charge in [-0.25, -0.2) is 9.59 Å². The average molecular weight is 664 g/mol. The number of aliphatic carboxylic acids is 1. The minimum absolute atomic E-state index is 0.0251. The molecule has 1 aliphatic heterocycles. The van der Waals surface area contributed by atoms with Crippen molar-refractivity contribution in [2.24, 2.45) is 11.3 Å². The van der Waals surface area contributed by atoms with Gasteiger partial charge in [-0.3, -0.25) is 9.59 Å². The zero-order valence-corrected chi connectivity index (χ0v) is 28.2. The number of alkyl carbamates (subject to hydrolysis) is 1. The number of benzene rings is 1. The van der Waals surface area contributed by atoms with Crippen molar-refractivity contribution in [3.63, 3.8) is 0 Å². The van der Waals surface area contributed by atoms with E-state index in [2.05, 4.69) is 38.0 Å². The summed E-state index contributed by atoms with van der Waals surface area (Å²) in [6.07, 6.45) is 1.03. The van der Waals surface area contributed by atoms with E-state index < -0.39 is 64.5 Å². The largest absolute Gasteiger partial charge is 0.479 e. The zero-order chi connectivity index (χ0) is 34.3. The number of hydrogen-bond donors (Lipinski definition) is 3. The number of carbonyl (C=O) groups excluding carboxylic acids is 3. The first-order chi connectivity index (χ1) is 22.0. The maximum absolute atomic E-state index is 14.3. The molecule has 5 unspecified atom stereocenters. The topological polar surface area (TPSA) is 169 Å². The van der Waals surface area contributed by atoms with Crippen molar-refractivity contribution in [3.05, 3.63) is 53.7 Å². The second-order valence-corrected chi connectivity index (χ2v) is 15.0. The molecule has 2 fully saturated rings. The second-order valence-electron chi connectivity index (χ2n) is 14.2. The van der Waals surface area contributed by atoms with E-state index in [1.807, 2.05) is 35.7 Å². The third kappa shape index (κ3) is 7.22. The molecule has 47 heavy (non-hydrogen) atoms. The Bertz CT molecular complexity index is 1660. The summed E-state index contributed by atoms with van der Waals surface area (Å²) >= 11 is 1.62. The highest BCUT2D eigenvalue weighted by Gasteiger charge is 2.61. The highest BCUT2D eigenvalue weighted by atomic mass is 32.1. The van der Waals surface area contributed by atoms with Crippen LogP contribution in [0, 0.1) is 11.3 Å². The molecular formula is C33H41N7O6S. The molecule has 3 aromatic rings. The number of rotatable bonds is 9. The molecule has 0 radical (unpaired) electrons. The first-order valence-corrected chi connectivity index (χ1v) is 16.4. The molecule has 13 nitrogen and oxygen atoms in total. The van der Waals surface area contributed by atoms with Crippen LogP contribution in [-0.2, 0) is 19.1 Å². The number of tetrazole rings is 1. The minimum Gasteiger partial charge on any atom is -0.479 e. The van der Waals surface area contributed by atoms with Crippen LogP contribution < -0.4 is 10.6 Å². The lowest BCUT2D eigenvalue weighted by atomic mass is 9.85. The fraction of sp³-hybridized carbons (Fsp3) is 0.485. The van der Waals surface area contributed by atoms with Crippen LogP contribution in [-0.4, -0.2) is 83.9 Å². The van der Waals surface area contributed by atoms with Gasteiger partial charge < -0.3 is 25.4 Å². The Hall–Kier alpha value is -4.59. The fourth-order valence-electron chi connectivity index (χ4n) is 5.77. The maximum Gasteiger partial charge on any atom is 0.408 e. The average Bonchev–Trinajstić information content (AvgIpc) is 3.47. The van der Waals surface area contributed by atoms with Crippen molar-refractivity contribution >= 4 is 35.2 Å². The van der Waals surface area contributed by atoms with Crippen LogP contribution >= 0.6 is 11.3 Å². The molecule has 0 spiro atoms. The van der Waals surface area contributed by atoms with Crippen LogP contribution in [0.5, 0.6) is 0 Å². The first-order valence-electron chi connectivity index (χ1n) is 15.4. The van der Waals surface area contributed by atoms with Gasteiger partial charge in [0.1, 0.15) is 23.2 Å². The Morgan fingerprint density at radius 2 is 1.77 bits per heavy atom. The summed E-state index contributed by atoms with van der Waals surface area (Å²) in [6.45, 7) is 14.3. The van der Waals surface area contributed by atoms with E-state index in [0.717, 1.165) is 16.7 Å². The summed E-state index contributed by atoms with van der Waals surface area (Å²) in [5.74, 6) is -2.37. The quantitative estimate of drug-likeness (QED) is 0.283. The summed E-state index contributed by atoms with van der Waals surface area (Å²) in [4.78, 5) is 55.8. The molecule has 3 heterocycles. The van der Waals surface area contributed by atoms with Gasteiger partial charge in [0.25, 0.3) is 0 Å². The zero-order valence-electron chi connectivity index (χ0n) is 27.4. The normalized spacial score (nSPS) is 23.1. The lowest BCUT2D eigenvalue weighted by molar-refractivity contribution is -0.146. The van der Waals surface area contributed by atoms with Crippen molar-refractivity contribution in [1.29, 1.82) is 0 Å². The number of nitrogens with one attached hydrogen (secondary N) is 2. The monoisotopic (exact) mass is 663 g/mol. The van der Waals surface area contributed by atoms with Gasteiger partial charge in [0, 0.05) is 24.4 Å². The molecule has 5 atom stereocenters. The predicted molar refractivity (Wildman–Crippen MR) is 175 cm³/mol. The van der Waals surface area contributed by atoms with E-state index >= 15 is 0 Å². The van der Waals surface area contributed by atoms with Crippen LogP contribution in [0.25, 0.3) is 22.5 Å². The van der Waals surface area contributed by atoms with Gasteiger partial charge in [0.2, 0.25) is 17.6 Å². The third-order valence-electron chi connectivity index (χ3n) is 8.42. The number of thiophene rings is 1. The smallest absolute Gasteiger partial charge is 0.408 e. The van der Waals surface area contributed by atoms with Crippen LogP contribution in [0.15, 0.2) is 53.7 Å². The Kier molecular flexibility index (Phi) is 9.01. The molecule has 1 saturated carbocycles. The number of nitrogens with zero attached hydrogens (tertiary/aromatic N) is 5. The van der Waals surface area contributed by atoms with Gasteiger partial charge in [-0.1, -0.05) is 51.1 Å². The van der Waals surface area contributed by atoms with Crippen molar-refractivity contribution < 1.29 is 29.0 Å². The molecule has 1 saturated heterocycles. The summed E-state index contributed by atoms with van der Waals surface area (Å²) < 4.78 is 5.43. The third-order valence-corrected chi connectivity index (χ3v) is 9.10. The molecule has 3 amide bonds. The van der Waals surface area contributed by atoms with Gasteiger partial charge in [-0.15, -0.1) is 16.8 Å². The lowest BCUT2D eigenvalue weighted by Gasteiger charge is -2.36. The molecule has 14 heteroatoms. The number of likely N-dealkylation sites (tertiary alicyclic amines) is 1. The van der Waals surface area contributed by atoms with E-state index in [-0.39, 0.29) is 19.4 Å². The summed E-state index contributed by atoms with van der Waals surface area (Å²) in [5, 5.41) is 32.5. The number of carboxylic acids is 1. The van der Waals surface area contributed by atoms with Crippen molar-refractivity contribution in [2.45, 2.75) is 83.6 Å². The van der Waals surface area contributed by atoms with E-state index in [9.17, 15) is 24.3 Å². The molecule has 5 rings (SSSR count). The van der Waals surface area contributed by atoms with Gasteiger partial charge >= 0.3 is 12.1 Å². The molecule has 0 bridgehead atoms. The fourth-order valence-corrected chi connectivity index (χ4v) is 6.43. The molecule has 2 aromatic heterocycles. The second kappa shape index (κ2) is 12.5. The van der Waals surface area contributed by atoms with Crippen molar-refractivity contribution in [1.82, 2.24) is 35.7 Å². The standard InChI is InChI=1S/C33H41N7O6S/c1-8-22-16-33(22,29(43)44)35-27(41)24-15-23(17-39(24)28(42)25(31(2,3)4)34-30(45)46-32(5,6)7)40-37-26(36-38-40)20-11-9-19(10-12-20)21-13-14-47-18-21/h8-14,18,22-25H,1,15-17H2,2-7H3,(H,34,45)(H,35,41)(H,43,44). The number of amides is 3. The van der Waals surface area contributed by atoms with Gasteiger partial charge in [0.05, 0.1) is 6.04 Å². The van der Waals surface area contributed by atoms with Crippen LogP contribution in [0.4, 0.5) is 4.79 Å². The van der Waals surface area contributed by atoms with Crippen LogP contribution in [0.3, 0.4) is 0 Å². The summed E-state index contributed by atoms with van der Waals surface area (Å²) in [5.41, 5.74) is -0.136. The Morgan fingerprint density at radius 3 is 2.32 bits per heavy atom. The van der Waals surface area contributed by atoms with Crippen LogP contribution in [0.2, 0.25) is 0 Å². The van der Waals surface area contributed by atoms with Gasteiger partial charge in [-0.05, 0) is 65.8 Å². The van der Waals surface area contributed by atoms with Crippen LogP contribution in [0.1, 0.15) is 60.4 Å². The van der Waals surface area contributed by atoms with Crippen molar-refractivity contribution in [3.8, 4) is 22.5 Å². The molecule has 1 aromatic carbocycles. The number of hydrogen-bond acceptors (Lipinski definition) is 9. The van der Waals surface area contributed by atoms with Gasteiger partial charge in [-0.2, -0.15) is 16.1 Å². The minimum atomic E-state index is -1.49. The number of carboxylic acid groups (broad SMARTS) is 1. The highest BCUT2D eigenvalue weighted by molar-refractivity contribution is 7.08. The predicted octanol–water partition coefficient (Wildman–Crippen LogP) is 4.30. The number of ether oxygens (including phenoxy) is 1. The van der Waals surface area contributed by atoms with Gasteiger partial charge in [0.15, 0.2) is 0 Å². The lowest BCUT2D eigenvalue weighted by Crippen LogP contribution is -2.59. The van der Waals surface area contributed by atoms with E-state index in [4.69, 9.17) is 4.74 Å². The molecular weight excluding hydrogens is 622 g/mol.